The van der Waals surface area contributed by atoms with Gasteiger partial charge in [0.15, 0.2) is 6.61 Å². The van der Waals surface area contributed by atoms with E-state index in [0.717, 1.165) is 23.8 Å². The molecule has 10 heteroatoms. The van der Waals surface area contributed by atoms with Crippen LogP contribution in [-0.2, 0) is 15.8 Å². The zero-order valence-corrected chi connectivity index (χ0v) is 20.4. The molecule has 0 aromatic heterocycles. The van der Waals surface area contributed by atoms with Crippen LogP contribution in [0.5, 0.6) is 5.75 Å². The second-order valence-corrected chi connectivity index (χ2v) is 8.51. The molecule has 3 aromatic carbocycles. The van der Waals surface area contributed by atoms with Gasteiger partial charge in [-0.05, 0) is 67.1 Å². The number of halogens is 4. The van der Waals surface area contributed by atoms with Crippen LogP contribution < -0.4 is 15.4 Å². The number of benzene rings is 3. The monoisotopic (exact) mass is 557 g/mol. The summed E-state index contributed by atoms with van der Waals surface area (Å²) in [5, 5.41) is 14.5. The maximum absolute atomic E-state index is 12.9. The molecule has 2 N–H and O–H groups in total. The summed E-state index contributed by atoms with van der Waals surface area (Å²) in [6, 6.07) is 17.8. The van der Waals surface area contributed by atoms with Crippen molar-refractivity contribution in [1.29, 1.82) is 5.26 Å². The Morgan fingerprint density at radius 3 is 2.39 bits per heavy atom. The molecule has 0 atom stereocenters. The minimum Gasteiger partial charge on any atom is -0.483 e. The van der Waals surface area contributed by atoms with Crippen LogP contribution in [0.1, 0.15) is 16.7 Å². The molecule has 0 saturated carbocycles. The van der Waals surface area contributed by atoms with Gasteiger partial charge in [-0.2, -0.15) is 18.4 Å². The molecule has 0 bridgehead atoms. The number of anilines is 2. The standard InChI is InChI=1S/C26H19BrF3N3O3/c1-16-4-2-6-21(10-16)32-24(34)15-36-23-9-8-20(27)12-17(23)11-18(14-31)25(35)33-22-7-3-5-19(13-22)26(28,29)30/h2-13H,15H2,1H3,(H,32,34)(H,33,35)/b18-11+. The lowest BCUT2D eigenvalue weighted by Gasteiger charge is -2.12. The van der Waals surface area contributed by atoms with Crippen molar-refractivity contribution in [1.82, 2.24) is 0 Å². The Kier molecular flexibility index (Phi) is 8.51. The maximum Gasteiger partial charge on any atom is 0.416 e. The van der Waals surface area contributed by atoms with Crippen LogP contribution in [0.2, 0.25) is 0 Å². The van der Waals surface area contributed by atoms with Gasteiger partial charge in [0.1, 0.15) is 17.4 Å². The zero-order valence-electron chi connectivity index (χ0n) is 18.8. The second kappa shape index (κ2) is 11.6. The molecule has 0 unspecified atom stereocenters. The summed E-state index contributed by atoms with van der Waals surface area (Å²) in [6.45, 7) is 1.55. The van der Waals surface area contributed by atoms with Crippen molar-refractivity contribution >= 4 is 45.2 Å². The van der Waals surface area contributed by atoms with Crippen LogP contribution in [0.3, 0.4) is 0 Å². The Labute approximate surface area is 213 Å². The number of nitriles is 1. The number of ether oxygens (including phenoxy) is 1. The number of hydrogen-bond acceptors (Lipinski definition) is 4. The molecule has 184 valence electrons. The van der Waals surface area contributed by atoms with Crippen molar-refractivity contribution in [2.24, 2.45) is 0 Å². The number of nitrogens with zero attached hydrogens (tertiary/aromatic N) is 1. The third-order valence-electron chi connectivity index (χ3n) is 4.75. The minimum absolute atomic E-state index is 0.116. The van der Waals surface area contributed by atoms with Crippen LogP contribution >= 0.6 is 15.9 Å². The zero-order chi connectivity index (χ0) is 26.3. The highest BCUT2D eigenvalue weighted by atomic mass is 79.9. The Morgan fingerprint density at radius 1 is 1.03 bits per heavy atom. The Hall–Kier alpha value is -4.10. The lowest BCUT2D eigenvalue weighted by atomic mass is 10.1. The molecular weight excluding hydrogens is 539 g/mol. The van der Waals surface area contributed by atoms with Gasteiger partial charge in [-0.3, -0.25) is 9.59 Å². The van der Waals surface area contributed by atoms with Gasteiger partial charge in [-0.1, -0.05) is 34.1 Å². The lowest BCUT2D eigenvalue weighted by Crippen LogP contribution is -2.20. The molecule has 3 rings (SSSR count). The largest absolute Gasteiger partial charge is 0.483 e. The van der Waals surface area contributed by atoms with E-state index in [2.05, 4.69) is 26.6 Å². The Morgan fingerprint density at radius 2 is 1.72 bits per heavy atom. The number of hydrogen-bond donors (Lipinski definition) is 2. The van der Waals surface area contributed by atoms with Gasteiger partial charge >= 0.3 is 6.18 Å². The number of aryl methyl sites for hydroxylation is 1. The highest BCUT2D eigenvalue weighted by Gasteiger charge is 2.30. The molecule has 36 heavy (non-hydrogen) atoms. The van der Waals surface area contributed by atoms with Crippen molar-refractivity contribution in [3.63, 3.8) is 0 Å². The van der Waals surface area contributed by atoms with E-state index in [0.29, 0.717) is 15.7 Å². The molecule has 0 aliphatic heterocycles. The van der Waals surface area contributed by atoms with Crippen molar-refractivity contribution in [3.05, 3.63) is 93.5 Å². The molecule has 6 nitrogen and oxygen atoms in total. The fourth-order valence-electron chi connectivity index (χ4n) is 3.10. The first-order chi connectivity index (χ1) is 17.0. The number of carbonyl (C=O) groups excluding carboxylic acids is 2. The summed E-state index contributed by atoms with van der Waals surface area (Å²) in [5.41, 5.74) is 0.464. The Bertz CT molecular complexity index is 1360. The van der Waals surface area contributed by atoms with Crippen molar-refractivity contribution in [3.8, 4) is 11.8 Å². The highest BCUT2D eigenvalue weighted by molar-refractivity contribution is 9.10. The van der Waals surface area contributed by atoms with E-state index in [9.17, 15) is 28.0 Å². The van der Waals surface area contributed by atoms with Crippen LogP contribution in [0.25, 0.3) is 6.08 Å². The summed E-state index contributed by atoms with van der Waals surface area (Å²) in [5.74, 6) is -1.10. The lowest BCUT2D eigenvalue weighted by molar-refractivity contribution is -0.137. The van der Waals surface area contributed by atoms with E-state index < -0.39 is 23.6 Å². The molecular formula is C26H19BrF3N3O3. The second-order valence-electron chi connectivity index (χ2n) is 7.59. The molecule has 0 aliphatic carbocycles. The van der Waals surface area contributed by atoms with Gasteiger partial charge in [0.05, 0.1) is 5.56 Å². The van der Waals surface area contributed by atoms with Gasteiger partial charge in [0.25, 0.3) is 11.8 Å². The molecule has 2 amide bonds. The van der Waals surface area contributed by atoms with Gasteiger partial charge < -0.3 is 15.4 Å². The van der Waals surface area contributed by atoms with E-state index >= 15 is 0 Å². The smallest absolute Gasteiger partial charge is 0.416 e. The SMILES string of the molecule is Cc1cccc(NC(=O)COc2ccc(Br)cc2/C=C(\C#N)C(=O)Nc2cccc(C(F)(F)F)c2)c1. The predicted octanol–water partition coefficient (Wildman–Crippen LogP) is 6.34. The van der Waals surface area contributed by atoms with E-state index in [1.807, 2.05) is 13.0 Å². The summed E-state index contributed by atoms with van der Waals surface area (Å²) >= 11 is 3.30. The maximum atomic E-state index is 12.9. The van der Waals surface area contributed by atoms with Crippen molar-refractivity contribution in [2.75, 3.05) is 17.2 Å². The van der Waals surface area contributed by atoms with Gasteiger partial charge in [0, 0.05) is 21.4 Å². The third kappa shape index (κ3) is 7.45. The summed E-state index contributed by atoms with van der Waals surface area (Å²) in [7, 11) is 0. The van der Waals surface area contributed by atoms with Crippen molar-refractivity contribution in [2.45, 2.75) is 13.1 Å². The average molecular weight is 558 g/mol. The number of alkyl halides is 3. The van der Waals surface area contributed by atoms with E-state index in [1.54, 1.807) is 42.5 Å². The molecule has 0 saturated heterocycles. The van der Waals surface area contributed by atoms with Gasteiger partial charge in [-0.25, -0.2) is 0 Å². The quantitative estimate of drug-likeness (QED) is 0.262. The molecule has 0 radical (unpaired) electrons. The fourth-order valence-corrected chi connectivity index (χ4v) is 3.48. The third-order valence-corrected chi connectivity index (χ3v) is 5.24. The van der Waals surface area contributed by atoms with Crippen LogP contribution in [0, 0.1) is 18.3 Å². The molecule has 3 aromatic rings. The predicted molar refractivity (Wildman–Crippen MR) is 133 cm³/mol. The van der Waals surface area contributed by atoms with Crippen LogP contribution in [-0.4, -0.2) is 18.4 Å². The fraction of sp³-hybridized carbons (Fsp3) is 0.115. The molecule has 0 fully saturated rings. The van der Waals surface area contributed by atoms with Gasteiger partial charge in [0.2, 0.25) is 0 Å². The first-order valence-electron chi connectivity index (χ1n) is 10.4. The van der Waals surface area contributed by atoms with Crippen LogP contribution in [0.4, 0.5) is 24.5 Å². The first kappa shape index (κ1) is 26.5. The molecule has 0 spiro atoms. The molecule has 0 aliphatic rings. The number of rotatable bonds is 7. The highest BCUT2D eigenvalue weighted by Crippen LogP contribution is 2.31. The summed E-state index contributed by atoms with van der Waals surface area (Å²) in [4.78, 5) is 24.9. The van der Waals surface area contributed by atoms with Crippen LogP contribution in [0.15, 0.2) is 76.8 Å². The Balaban J connectivity index is 1.76. The first-order valence-corrected chi connectivity index (χ1v) is 11.2. The number of amides is 2. The number of nitrogens with one attached hydrogen (secondary N) is 2. The number of carbonyl (C=O) groups is 2. The van der Waals surface area contributed by atoms with E-state index in [4.69, 9.17) is 4.74 Å². The average Bonchev–Trinajstić information content (AvgIpc) is 2.81. The van der Waals surface area contributed by atoms with E-state index in [1.165, 1.54) is 12.1 Å². The topological polar surface area (TPSA) is 91.2 Å². The van der Waals surface area contributed by atoms with E-state index in [-0.39, 0.29) is 23.6 Å². The normalized spacial score (nSPS) is 11.4. The van der Waals surface area contributed by atoms with Gasteiger partial charge in [-0.15, -0.1) is 0 Å². The minimum atomic E-state index is -4.58. The summed E-state index contributed by atoms with van der Waals surface area (Å²) < 4.78 is 45.1. The molecule has 0 heterocycles. The summed E-state index contributed by atoms with van der Waals surface area (Å²) in [6.07, 6.45) is -3.36. The van der Waals surface area contributed by atoms with Crippen molar-refractivity contribution < 1.29 is 27.5 Å².